The van der Waals surface area contributed by atoms with Gasteiger partial charge >= 0.3 is 0 Å². The smallest absolute Gasteiger partial charge is 0.257 e. The summed E-state index contributed by atoms with van der Waals surface area (Å²) in [7, 11) is 4.84. The fourth-order valence-corrected chi connectivity index (χ4v) is 3.81. The summed E-state index contributed by atoms with van der Waals surface area (Å²) in [6.45, 7) is 1.57. The summed E-state index contributed by atoms with van der Waals surface area (Å²) in [5, 5.41) is 0. The van der Waals surface area contributed by atoms with Crippen LogP contribution in [0.5, 0.6) is 17.2 Å². The molecule has 0 saturated carbocycles. The molecule has 1 amide bonds. The van der Waals surface area contributed by atoms with Crippen LogP contribution in [0.4, 0.5) is 0 Å². The maximum atomic E-state index is 13.0. The highest BCUT2D eigenvalue weighted by atomic mass is 16.5. The molecule has 150 valence electrons. The molecule has 2 aromatic carbocycles. The van der Waals surface area contributed by atoms with Gasteiger partial charge in [0, 0.05) is 13.1 Å². The van der Waals surface area contributed by atoms with Crippen LogP contribution >= 0.6 is 0 Å². The summed E-state index contributed by atoms with van der Waals surface area (Å²) in [6.07, 6.45) is 4.28. The fraction of sp³-hybridized carbons (Fsp3) is 0.435. The third-order valence-electron chi connectivity index (χ3n) is 5.54. The van der Waals surface area contributed by atoms with Gasteiger partial charge in [0.1, 0.15) is 5.75 Å². The van der Waals surface area contributed by atoms with Crippen molar-refractivity contribution in [2.75, 3.05) is 34.4 Å². The number of methoxy groups -OCH3 is 3. The number of aryl methyl sites for hydroxylation is 1. The van der Waals surface area contributed by atoms with Gasteiger partial charge in [-0.2, -0.15) is 0 Å². The molecule has 0 N–H and O–H groups in total. The Labute approximate surface area is 167 Å². The first kappa shape index (κ1) is 20.1. The van der Waals surface area contributed by atoms with Crippen molar-refractivity contribution in [2.24, 2.45) is 5.92 Å². The molecule has 28 heavy (non-hydrogen) atoms. The van der Waals surface area contributed by atoms with Crippen LogP contribution in [0.1, 0.15) is 35.2 Å². The SMILES string of the molecule is COc1ccc(CCC2CCN(C(=O)c3cccc(OC)c3OC)CC2)cc1. The van der Waals surface area contributed by atoms with Crippen LogP contribution in [0, 0.1) is 5.92 Å². The fourth-order valence-electron chi connectivity index (χ4n) is 3.81. The van der Waals surface area contributed by atoms with Crippen LogP contribution < -0.4 is 14.2 Å². The van der Waals surface area contributed by atoms with Gasteiger partial charge in [-0.25, -0.2) is 0 Å². The molecule has 0 aliphatic carbocycles. The molecule has 0 bridgehead atoms. The van der Waals surface area contributed by atoms with E-state index in [2.05, 4.69) is 12.1 Å². The van der Waals surface area contributed by atoms with Crippen LogP contribution in [0.2, 0.25) is 0 Å². The Bertz CT molecular complexity index is 780. The summed E-state index contributed by atoms with van der Waals surface area (Å²) in [5.74, 6) is 2.66. The van der Waals surface area contributed by atoms with Crippen LogP contribution in [0.15, 0.2) is 42.5 Å². The number of benzene rings is 2. The number of amides is 1. The molecular weight excluding hydrogens is 354 g/mol. The molecule has 1 saturated heterocycles. The topological polar surface area (TPSA) is 48.0 Å². The zero-order valence-corrected chi connectivity index (χ0v) is 16.9. The van der Waals surface area contributed by atoms with E-state index in [4.69, 9.17) is 14.2 Å². The average molecular weight is 383 g/mol. The molecule has 2 aromatic rings. The Morgan fingerprint density at radius 3 is 2.29 bits per heavy atom. The molecule has 0 atom stereocenters. The lowest BCUT2D eigenvalue weighted by atomic mass is 9.90. The highest BCUT2D eigenvalue weighted by Gasteiger charge is 2.26. The Morgan fingerprint density at radius 1 is 0.964 bits per heavy atom. The number of nitrogens with zero attached hydrogens (tertiary/aromatic N) is 1. The third kappa shape index (κ3) is 4.58. The van der Waals surface area contributed by atoms with Crippen molar-refractivity contribution in [3.05, 3.63) is 53.6 Å². The molecule has 1 aliphatic rings. The number of carbonyl (C=O) groups is 1. The van der Waals surface area contributed by atoms with E-state index in [0.29, 0.717) is 23.0 Å². The molecule has 1 aliphatic heterocycles. The van der Waals surface area contributed by atoms with E-state index in [1.165, 1.54) is 5.56 Å². The van der Waals surface area contributed by atoms with E-state index in [1.807, 2.05) is 23.1 Å². The number of piperidine rings is 1. The van der Waals surface area contributed by atoms with E-state index >= 15 is 0 Å². The Hall–Kier alpha value is -2.69. The highest BCUT2D eigenvalue weighted by molar-refractivity contribution is 5.97. The summed E-state index contributed by atoms with van der Waals surface area (Å²) in [5.41, 5.74) is 1.90. The second-order valence-corrected chi connectivity index (χ2v) is 7.16. The predicted molar refractivity (Wildman–Crippen MR) is 109 cm³/mol. The van der Waals surface area contributed by atoms with Gasteiger partial charge in [0.2, 0.25) is 0 Å². The molecule has 1 fully saturated rings. The Balaban J connectivity index is 1.54. The van der Waals surface area contributed by atoms with E-state index in [-0.39, 0.29) is 5.91 Å². The molecule has 5 nitrogen and oxygen atoms in total. The molecule has 1 heterocycles. The van der Waals surface area contributed by atoms with Gasteiger partial charge < -0.3 is 19.1 Å². The van der Waals surface area contributed by atoms with Crippen LogP contribution in [0.3, 0.4) is 0 Å². The van der Waals surface area contributed by atoms with Gasteiger partial charge in [-0.1, -0.05) is 18.2 Å². The van der Waals surface area contributed by atoms with Crippen molar-refractivity contribution in [3.63, 3.8) is 0 Å². The van der Waals surface area contributed by atoms with Gasteiger partial charge in [0.25, 0.3) is 5.91 Å². The molecule has 3 rings (SSSR count). The zero-order valence-electron chi connectivity index (χ0n) is 16.9. The summed E-state index contributed by atoms with van der Waals surface area (Å²) < 4.78 is 16.0. The van der Waals surface area contributed by atoms with Crippen molar-refractivity contribution >= 4 is 5.91 Å². The third-order valence-corrected chi connectivity index (χ3v) is 5.54. The molecule has 0 spiro atoms. The average Bonchev–Trinajstić information content (AvgIpc) is 2.77. The maximum absolute atomic E-state index is 13.0. The normalized spacial score (nSPS) is 14.6. The quantitative estimate of drug-likeness (QED) is 0.719. The molecule has 0 aromatic heterocycles. The first-order chi connectivity index (χ1) is 13.7. The van der Waals surface area contributed by atoms with E-state index in [9.17, 15) is 4.79 Å². The second kappa shape index (κ2) is 9.49. The lowest BCUT2D eigenvalue weighted by molar-refractivity contribution is 0.0683. The predicted octanol–water partition coefficient (Wildman–Crippen LogP) is 4.20. The summed E-state index contributed by atoms with van der Waals surface area (Å²) >= 11 is 0. The second-order valence-electron chi connectivity index (χ2n) is 7.16. The first-order valence-electron chi connectivity index (χ1n) is 9.79. The number of ether oxygens (including phenoxy) is 3. The van der Waals surface area contributed by atoms with Gasteiger partial charge in [-0.15, -0.1) is 0 Å². The van der Waals surface area contributed by atoms with Crippen LogP contribution in [-0.4, -0.2) is 45.2 Å². The number of hydrogen-bond acceptors (Lipinski definition) is 4. The van der Waals surface area contributed by atoms with Crippen molar-refractivity contribution in [1.82, 2.24) is 4.90 Å². The van der Waals surface area contributed by atoms with E-state index in [1.54, 1.807) is 33.5 Å². The van der Waals surface area contributed by atoms with Gasteiger partial charge in [-0.05, 0) is 61.4 Å². The van der Waals surface area contributed by atoms with Gasteiger partial charge in [-0.3, -0.25) is 4.79 Å². The molecule has 0 unspecified atom stereocenters. The number of para-hydroxylation sites is 1. The lowest BCUT2D eigenvalue weighted by Gasteiger charge is -2.32. The Kier molecular flexibility index (Phi) is 6.80. The summed E-state index contributed by atoms with van der Waals surface area (Å²) in [6, 6.07) is 13.7. The highest BCUT2D eigenvalue weighted by Crippen LogP contribution is 2.32. The number of carbonyl (C=O) groups excluding carboxylic acids is 1. The minimum absolute atomic E-state index is 0.0179. The largest absolute Gasteiger partial charge is 0.497 e. The molecular formula is C23H29NO4. The zero-order chi connectivity index (χ0) is 19.9. The number of hydrogen-bond donors (Lipinski definition) is 0. The van der Waals surface area contributed by atoms with Crippen molar-refractivity contribution in [1.29, 1.82) is 0 Å². The Morgan fingerprint density at radius 2 is 1.68 bits per heavy atom. The number of likely N-dealkylation sites (tertiary alicyclic amines) is 1. The number of rotatable bonds is 7. The van der Waals surface area contributed by atoms with Crippen molar-refractivity contribution in [3.8, 4) is 17.2 Å². The van der Waals surface area contributed by atoms with E-state index < -0.39 is 0 Å². The van der Waals surface area contributed by atoms with E-state index in [0.717, 1.165) is 44.5 Å². The minimum Gasteiger partial charge on any atom is -0.497 e. The van der Waals surface area contributed by atoms with Gasteiger partial charge in [0.05, 0.1) is 26.9 Å². The van der Waals surface area contributed by atoms with Crippen LogP contribution in [0.25, 0.3) is 0 Å². The monoisotopic (exact) mass is 383 g/mol. The maximum Gasteiger partial charge on any atom is 0.257 e. The first-order valence-corrected chi connectivity index (χ1v) is 9.79. The van der Waals surface area contributed by atoms with Crippen LogP contribution in [-0.2, 0) is 6.42 Å². The lowest BCUT2D eigenvalue weighted by Crippen LogP contribution is -2.38. The molecule has 0 radical (unpaired) electrons. The standard InChI is InChI=1S/C23H29NO4/c1-26-19-11-9-17(10-12-19)7-8-18-13-15-24(16-14-18)23(25)20-5-4-6-21(27-2)22(20)28-3/h4-6,9-12,18H,7-8,13-16H2,1-3H3. The van der Waals surface area contributed by atoms with Gasteiger partial charge in [0.15, 0.2) is 11.5 Å². The van der Waals surface area contributed by atoms with Crippen molar-refractivity contribution in [2.45, 2.75) is 25.7 Å². The minimum atomic E-state index is 0.0179. The van der Waals surface area contributed by atoms with Crippen molar-refractivity contribution < 1.29 is 19.0 Å². The molecule has 5 heteroatoms. The summed E-state index contributed by atoms with van der Waals surface area (Å²) in [4.78, 5) is 14.9.